The van der Waals surface area contributed by atoms with Crippen LogP contribution in [-0.4, -0.2) is 43.3 Å². The summed E-state index contributed by atoms with van der Waals surface area (Å²) in [5, 5.41) is 8.35. The summed E-state index contributed by atoms with van der Waals surface area (Å²) < 4.78 is 0. The van der Waals surface area contributed by atoms with Gasteiger partial charge in [0.25, 0.3) is 0 Å². The van der Waals surface area contributed by atoms with E-state index in [-0.39, 0.29) is 29.7 Å². The van der Waals surface area contributed by atoms with Gasteiger partial charge in [0.1, 0.15) is 6.17 Å². The number of urea groups is 2. The number of hydrogen-bond acceptors (Lipinski definition) is 2. The van der Waals surface area contributed by atoms with Gasteiger partial charge in [-0.1, -0.05) is 27.7 Å². The Hall–Kier alpha value is -1.46. The molecule has 18 heavy (non-hydrogen) atoms. The van der Waals surface area contributed by atoms with Crippen molar-refractivity contribution < 1.29 is 9.59 Å². The molecule has 1 aliphatic rings. The van der Waals surface area contributed by atoms with Crippen molar-refractivity contribution in [2.24, 2.45) is 11.3 Å². The van der Waals surface area contributed by atoms with E-state index in [0.717, 1.165) is 0 Å². The highest BCUT2D eigenvalue weighted by Crippen LogP contribution is 2.34. The van der Waals surface area contributed by atoms with Gasteiger partial charge in [-0.2, -0.15) is 0 Å². The third-order valence-corrected chi connectivity index (χ3v) is 3.65. The molecule has 2 atom stereocenters. The summed E-state index contributed by atoms with van der Waals surface area (Å²) in [4.78, 5) is 25.0. The largest absolute Gasteiger partial charge is 0.341 e. The molecule has 0 aromatic rings. The molecule has 3 N–H and O–H groups in total. The minimum Gasteiger partial charge on any atom is -0.341 e. The summed E-state index contributed by atoms with van der Waals surface area (Å²) >= 11 is 0. The molecular weight excluding hydrogens is 232 g/mol. The van der Waals surface area contributed by atoms with Crippen molar-refractivity contribution in [3.63, 3.8) is 0 Å². The molecule has 0 saturated carbocycles. The average Bonchev–Trinajstić information content (AvgIpc) is 2.28. The Morgan fingerprint density at radius 2 is 2.00 bits per heavy atom. The van der Waals surface area contributed by atoms with Crippen LogP contribution in [0.4, 0.5) is 9.59 Å². The molecule has 0 aromatic carbocycles. The predicted octanol–water partition coefficient (Wildman–Crippen LogP) is 0.947. The highest BCUT2D eigenvalue weighted by Gasteiger charge is 2.48. The standard InChI is InChI=1S/C12H24N4O2/c1-7(2)8-12(3,4)9(15-10(17)13-5)16(6)11(18)14-8/h7-9H,1-6H3,(H,14,18)(H2,13,15,17)/t8-,9-/m1/s1. The Morgan fingerprint density at radius 1 is 1.44 bits per heavy atom. The van der Waals surface area contributed by atoms with E-state index in [1.165, 1.54) is 4.90 Å². The minimum atomic E-state index is -0.335. The van der Waals surface area contributed by atoms with E-state index in [1.807, 2.05) is 13.8 Å². The molecule has 1 saturated heterocycles. The van der Waals surface area contributed by atoms with Crippen molar-refractivity contribution >= 4 is 12.1 Å². The lowest BCUT2D eigenvalue weighted by Crippen LogP contribution is -2.71. The van der Waals surface area contributed by atoms with Crippen LogP contribution < -0.4 is 16.0 Å². The van der Waals surface area contributed by atoms with Gasteiger partial charge in [-0.3, -0.25) is 0 Å². The Labute approximate surface area is 108 Å². The van der Waals surface area contributed by atoms with E-state index in [0.29, 0.717) is 5.92 Å². The van der Waals surface area contributed by atoms with Crippen LogP contribution in [0.1, 0.15) is 27.7 Å². The maximum absolute atomic E-state index is 11.9. The zero-order chi connectivity index (χ0) is 14.1. The van der Waals surface area contributed by atoms with Crippen LogP contribution in [0.3, 0.4) is 0 Å². The first-order chi connectivity index (χ1) is 8.21. The van der Waals surface area contributed by atoms with Gasteiger partial charge in [-0.25, -0.2) is 9.59 Å². The second-order valence-corrected chi connectivity index (χ2v) is 5.73. The molecular formula is C12H24N4O2. The number of carbonyl (C=O) groups excluding carboxylic acids is 2. The molecule has 0 radical (unpaired) electrons. The van der Waals surface area contributed by atoms with Gasteiger partial charge in [0.2, 0.25) is 0 Å². The van der Waals surface area contributed by atoms with Crippen LogP contribution in [-0.2, 0) is 0 Å². The van der Waals surface area contributed by atoms with Crippen molar-refractivity contribution in [3.05, 3.63) is 0 Å². The fourth-order valence-electron chi connectivity index (χ4n) is 2.71. The van der Waals surface area contributed by atoms with Crippen molar-refractivity contribution in [2.75, 3.05) is 14.1 Å². The predicted molar refractivity (Wildman–Crippen MR) is 70.1 cm³/mol. The molecule has 1 fully saturated rings. The second kappa shape index (κ2) is 5.04. The fraction of sp³-hybridized carbons (Fsp3) is 0.833. The molecule has 0 unspecified atom stereocenters. The number of amides is 4. The SMILES string of the molecule is CNC(=O)N[C@@H]1N(C)C(=O)N[C@H](C(C)C)C1(C)C. The van der Waals surface area contributed by atoms with Crippen molar-refractivity contribution in [1.82, 2.24) is 20.9 Å². The molecule has 0 bridgehead atoms. The third kappa shape index (κ3) is 2.52. The summed E-state index contributed by atoms with van der Waals surface area (Å²) in [6.07, 6.45) is -0.335. The number of rotatable bonds is 2. The maximum atomic E-state index is 11.9. The van der Waals surface area contributed by atoms with E-state index in [9.17, 15) is 9.59 Å². The topological polar surface area (TPSA) is 73.5 Å². The smallest absolute Gasteiger partial charge is 0.319 e. The van der Waals surface area contributed by atoms with Crippen LogP contribution >= 0.6 is 0 Å². The summed E-state index contributed by atoms with van der Waals surface area (Å²) in [7, 11) is 3.25. The van der Waals surface area contributed by atoms with Gasteiger partial charge in [-0.15, -0.1) is 0 Å². The van der Waals surface area contributed by atoms with Gasteiger partial charge in [0, 0.05) is 25.6 Å². The van der Waals surface area contributed by atoms with Crippen LogP contribution in [0.15, 0.2) is 0 Å². The number of nitrogens with one attached hydrogen (secondary N) is 3. The van der Waals surface area contributed by atoms with E-state index in [2.05, 4.69) is 29.8 Å². The van der Waals surface area contributed by atoms with Crippen LogP contribution in [0.2, 0.25) is 0 Å². The normalized spacial score (nSPS) is 26.8. The first-order valence-electron chi connectivity index (χ1n) is 6.23. The van der Waals surface area contributed by atoms with Crippen LogP contribution in [0.25, 0.3) is 0 Å². The molecule has 6 heteroatoms. The summed E-state index contributed by atoms with van der Waals surface area (Å²) in [5.41, 5.74) is -0.261. The fourth-order valence-corrected chi connectivity index (χ4v) is 2.71. The molecule has 0 aromatic heterocycles. The van der Waals surface area contributed by atoms with Crippen LogP contribution in [0, 0.1) is 11.3 Å². The molecule has 0 spiro atoms. The van der Waals surface area contributed by atoms with Crippen molar-refractivity contribution in [1.29, 1.82) is 0 Å². The molecule has 4 amide bonds. The highest BCUT2D eigenvalue weighted by molar-refractivity contribution is 5.78. The summed E-state index contributed by atoms with van der Waals surface area (Å²) in [6, 6.07) is -0.421. The number of nitrogens with zero attached hydrogens (tertiary/aromatic N) is 1. The first-order valence-corrected chi connectivity index (χ1v) is 6.23. The lowest BCUT2D eigenvalue weighted by molar-refractivity contribution is 0.0284. The monoisotopic (exact) mass is 256 g/mol. The van der Waals surface area contributed by atoms with E-state index in [4.69, 9.17) is 0 Å². The molecule has 104 valence electrons. The highest BCUT2D eigenvalue weighted by atomic mass is 16.2. The zero-order valence-corrected chi connectivity index (χ0v) is 12.0. The number of hydrogen-bond donors (Lipinski definition) is 3. The summed E-state index contributed by atoms with van der Waals surface area (Å²) in [6.45, 7) is 8.23. The van der Waals surface area contributed by atoms with E-state index < -0.39 is 0 Å². The van der Waals surface area contributed by atoms with Crippen molar-refractivity contribution in [3.8, 4) is 0 Å². The van der Waals surface area contributed by atoms with Gasteiger partial charge in [0.05, 0.1) is 0 Å². The molecule has 1 rings (SSSR count). The zero-order valence-electron chi connectivity index (χ0n) is 12.0. The quantitative estimate of drug-likeness (QED) is 0.688. The van der Waals surface area contributed by atoms with Gasteiger partial charge < -0.3 is 20.9 Å². The summed E-state index contributed by atoms with van der Waals surface area (Å²) in [5.74, 6) is 0.298. The lowest BCUT2D eigenvalue weighted by atomic mass is 9.74. The number of carbonyl (C=O) groups is 2. The molecule has 0 aliphatic carbocycles. The van der Waals surface area contributed by atoms with Gasteiger partial charge in [0.15, 0.2) is 0 Å². The molecule has 1 aliphatic heterocycles. The Bertz CT molecular complexity index is 341. The maximum Gasteiger partial charge on any atom is 0.319 e. The Morgan fingerprint density at radius 3 is 2.44 bits per heavy atom. The van der Waals surface area contributed by atoms with Crippen molar-refractivity contribution in [2.45, 2.75) is 39.9 Å². The molecule has 1 heterocycles. The van der Waals surface area contributed by atoms with Crippen LogP contribution in [0.5, 0.6) is 0 Å². The Balaban J connectivity index is 3.01. The molecule has 6 nitrogen and oxygen atoms in total. The second-order valence-electron chi connectivity index (χ2n) is 5.73. The van der Waals surface area contributed by atoms with Gasteiger partial charge >= 0.3 is 12.1 Å². The van der Waals surface area contributed by atoms with E-state index in [1.54, 1.807) is 14.1 Å². The Kier molecular flexibility index (Phi) is 4.09. The minimum absolute atomic E-state index is 0.0170. The van der Waals surface area contributed by atoms with E-state index >= 15 is 0 Å². The third-order valence-electron chi connectivity index (χ3n) is 3.65. The average molecular weight is 256 g/mol. The van der Waals surface area contributed by atoms with Gasteiger partial charge in [-0.05, 0) is 5.92 Å². The first kappa shape index (κ1) is 14.6. The lowest BCUT2D eigenvalue weighted by Gasteiger charge is -2.51.